The van der Waals surface area contributed by atoms with E-state index >= 15 is 0 Å². The molecule has 6 atom stereocenters. The van der Waals surface area contributed by atoms with Crippen molar-refractivity contribution in [3.05, 3.63) is 0 Å². The van der Waals surface area contributed by atoms with E-state index in [0.717, 1.165) is 34.6 Å². The number of rotatable bonds is 10. The second-order valence-corrected chi connectivity index (χ2v) is 6.81. The molecule has 0 unspecified atom stereocenters. The number of hydrogen-bond acceptors (Lipinski definition) is 13. The minimum Gasteiger partial charge on any atom is -0.463 e. The molecule has 0 aromatic rings. The van der Waals surface area contributed by atoms with Gasteiger partial charge in [-0.25, -0.2) is 0 Å². The van der Waals surface area contributed by atoms with Crippen molar-refractivity contribution < 1.29 is 62.2 Å². The molecular formula is C19H28O13. The van der Waals surface area contributed by atoms with Crippen molar-refractivity contribution in [3.63, 3.8) is 0 Å². The first-order valence-corrected chi connectivity index (χ1v) is 9.64. The second kappa shape index (κ2) is 12.9. The van der Waals surface area contributed by atoms with Crippen LogP contribution in [-0.4, -0.2) is 91.6 Å². The number of carbonyl (C=O) groups is 5. The summed E-state index contributed by atoms with van der Waals surface area (Å²) in [5, 5.41) is 9.56. The summed E-state index contributed by atoms with van der Waals surface area (Å²) >= 11 is 0. The first-order valence-electron chi connectivity index (χ1n) is 9.64. The molecule has 0 amide bonds. The smallest absolute Gasteiger partial charge is 0.303 e. The van der Waals surface area contributed by atoms with E-state index in [4.69, 9.17) is 33.2 Å². The fraction of sp³-hybridized carbons (Fsp3) is 0.737. The number of aliphatic hydroxyl groups is 1. The van der Waals surface area contributed by atoms with Crippen molar-refractivity contribution >= 4 is 29.8 Å². The van der Waals surface area contributed by atoms with E-state index < -0.39 is 79.9 Å². The molecule has 1 heterocycles. The van der Waals surface area contributed by atoms with Crippen molar-refractivity contribution in [1.29, 1.82) is 0 Å². The second-order valence-electron chi connectivity index (χ2n) is 6.81. The van der Waals surface area contributed by atoms with Crippen LogP contribution < -0.4 is 0 Å². The maximum Gasteiger partial charge on any atom is 0.303 e. The molecule has 0 spiro atoms. The van der Waals surface area contributed by atoms with Gasteiger partial charge < -0.3 is 38.3 Å². The van der Waals surface area contributed by atoms with Gasteiger partial charge in [0.1, 0.15) is 25.4 Å². The Morgan fingerprint density at radius 3 is 1.72 bits per heavy atom. The first-order chi connectivity index (χ1) is 14.9. The third kappa shape index (κ3) is 9.16. The number of esters is 5. The van der Waals surface area contributed by atoms with Gasteiger partial charge in [-0.1, -0.05) is 0 Å². The molecule has 0 aromatic carbocycles. The van der Waals surface area contributed by atoms with Gasteiger partial charge in [-0.3, -0.25) is 24.0 Å². The van der Waals surface area contributed by atoms with E-state index in [1.807, 2.05) is 0 Å². The van der Waals surface area contributed by atoms with Crippen molar-refractivity contribution in [1.82, 2.24) is 0 Å². The number of carbonyl (C=O) groups excluding carboxylic acids is 5. The average Bonchev–Trinajstić information content (AvgIpc) is 2.66. The Morgan fingerprint density at radius 1 is 0.750 bits per heavy atom. The summed E-state index contributed by atoms with van der Waals surface area (Å²) in [5.41, 5.74) is 0. The summed E-state index contributed by atoms with van der Waals surface area (Å²) in [6, 6.07) is 0. The van der Waals surface area contributed by atoms with Crippen LogP contribution in [0.5, 0.6) is 0 Å². The zero-order valence-corrected chi connectivity index (χ0v) is 18.4. The van der Waals surface area contributed by atoms with Crippen molar-refractivity contribution in [3.8, 4) is 0 Å². The lowest BCUT2D eigenvalue weighted by molar-refractivity contribution is -0.320. The highest BCUT2D eigenvalue weighted by atomic mass is 16.7. The third-order valence-electron chi connectivity index (χ3n) is 3.95. The maximum absolute atomic E-state index is 11.7. The van der Waals surface area contributed by atoms with Gasteiger partial charge in [0, 0.05) is 34.6 Å². The van der Waals surface area contributed by atoms with Gasteiger partial charge in [-0.2, -0.15) is 0 Å². The van der Waals surface area contributed by atoms with Gasteiger partial charge >= 0.3 is 29.8 Å². The molecule has 1 saturated heterocycles. The van der Waals surface area contributed by atoms with E-state index in [1.165, 1.54) is 0 Å². The highest BCUT2D eigenvalue weighted by Crippen LogP contribution is 2.30. The monoisotopic (exact) mass is 464 g/mol. The van der Waals surface area contributed by atoms with Crippen LogP contribution in [0.15, 0.2) is 0 Å². The first kappa shape index (κ1) is 27.3. The molecule has 0 saturated carbocycles. The number of aliphatic hydroxyl groups excluding tert-OH is 1. The zero-order valence-electron chi connectivity index (χ0n) is 18.4. The summed E-state index contributed by atoms with van der Waals surface area (Å²) in [6.07, 6.45) is -7.98. The summed E-state index contributed by atoms with van der Waals surface area (Å²) in [5.74, 6) is -3.66. The Bertz CT molecular complexity index is 691. The van der Waals surface area contributed by atoms with Gasteiger partial charge in [0.05, 0.1) is 6.61 Å². The zero-order chi connectivity index (χ0) is 24.4. The summed E-state index contributed by atoms with van der Waals surface area (Å²) in [7, 11) is 0. The predicted molar refractivity (Wildman–Crippen MR) is 101 cm³/mol. The molecule has 1 aliphatic heterocycles. The van der Waals surface area contributed by atoms with Crippen LogP contribution in [0.4, 0.5) is 0 Å². The maximum atomic E-state index is 11.7. The molecule has 1 aliphatic rings. The van der Waals surface area contributed by atoms with E-state index in [0.29, 0.717) is 0 Å². The fourth-order valence-corrected chi connectivity index (χ4v) is 2.83. The van der Waals surface area contributed by atoms with Gasteiger partial charge in [-0.05, 0) is 0 Å². The van der Waals surface area contributed by atoms with Gasteiger partial charge in [0.2, 0.25) is 0 Å². The summed E-state index contributed by atoms with van der Waals surface area (Å²) < 4.78 is 36.8. The quantitative estimate of drug-likeness (QED) is 0.309. The molecule has 0 aliphatic carbocycles. The van der Waals surface area contributed by atoms with E-state index in [2.05, 4.69) is 0 Å². The average molecular weight is 464 g/mol. The Morgan fingerprint density at radius 2 is 1.25 bits per heavy atom. The number of ether oxygens (including phenoxy) is 7. The minimum atomic E-state index is -1.48. The van der Waals surface area contributed by atoms with Crippen molar-refractivity contribution in [2.45, 2.75) is 71.4 Å². The lowest BCUT2D eigenvalue weighted by Crippen LogP contribution is -2.63. The molecule has 0 radical (unpaired) electrons. The molecule has 13 nitrogen and oxygen atoms in total. The van der Waals surface area contributed by atoms with E-state index in [-0.39, 0.29) is 6.61 Å². The van der Waals surface area contributed by atoms with Crippen LogP contribution >= 0.6 is 0 Å². The Kier molecular flexibility index (Phi) is 11.0. The van der Waals surface area contributed by atoms with Crippen LogP contribution in [0, 0.1) is 0 Å². The van der Waals surface area contributed by atoms with Crippen LogP contribution in [0.1, 0.15) is 34.6 Å². The van der Waals surface area contributed by atoms with Crippen LogP contribution in [0.2, 0.25) is 0 Å². The molecule has 0 aromatic heterocycles. The van der Waals surface area contributed by atoms with Crippen LogP contribution in [-0.2, 0) is 57.1 Å². The summed E-state index contributed by atoms with van der Waals surface area (Å²) in [4.78, 5) is 57.5. The largest absolute Gasteiger partial charge is 0.463 e. The highest BCUT2D eigenvalue weighted by Gasteiger charge is 2.53. The molecule has 1 rings (SSSR count). The lowest BCUT2D eigenvalue weighted by atomic mass is 9.98. The van der Waals surface area contributed by atoms with Gasteiger partial charge in [0.15, 0.2) is 24.6 Å². The van der Waals surface area contributed by atoms with Crippen molar-refractivity contribution in [2.75, 3.05) is 19.8 Å². The van der Waals surface area contributed by atoms with Gasteiger partial charge in [-0.15, -0.1) is 0 Å². The molecular weight excluding hydrogens is 436 g/mol. The Hall–Kier alpha value is -2.77. The van der Waals surface area contributed by atoms with Crippen molar-refractivity contribution in [2.24, 2.45) is 0 Å². The standard InChI is InChI=1S/C19H28O13/c1-9(21)26-7-14(6-20)31-19-18(30-13(5)25)17(29-12(4)24)16(28-11(3)23)15(32-19)8-27-10(2)22/h14-20H,6-8H2,1-5H3/t14-,15+,16+,17-,18+,19+/m0/s1. The molecule has 13 heteroatoms. The molecule has 182 valence electrons. The minimum absolute atomic E-state index is 0.362. The number of hydrogen-bond donors (Lipinski definition) is 1. The Balaban J connectivity index is 3.31. The normalized spacial score (nSPS) is 25.8. The Labute approximate surface area is 184 Å². The fourth-order valence-electron chi connectivity index (χ4n) is 2.83. The third-order valence-corrected chi connectivity index (χ3v) is 3.95. The van der Waals surface area contributed by atoms with Gasteiger partial charge in [0.25, 0.3) is 0 Å². The van der Waals surface area contributed by atoms with E-state index in [9.17, 15) is 29.1 Å². The molecule has 1 fully saturated rings. The topological polar surface area (TPSA) is 170 Å². The predicted octanol–water partition coefficient (Wildman–Crippen LogP) is -0.990. The van der Waals surface area contributed by atoms with Crippen LogP contribution in [0.3, 0.4) is 0 Å². The molecule has 0 bridgehead atoms. The van der Waals surface area contributed by atoms with Crippen LogP contribution in [0.25, 0.3) is 0 Å². The molecule has 1 N–H and O–H groups in total. The SMILES string of the molecule is CC(=O)OC[C@H](CO)O[C@@H]1O[C@H](COC(C)=O)[C@@H](OC(C)=O)[C@H](OC(C)=O)[C@H]1OC(C)=O. The highest BCUT2D eigenvalue weighted by molar-refractivity contribution is 5.68. The lowest BCUT2D eigenvalue weighted by Gasteiger charge is -2.44. The molecule has 32 heavy (non-hydrogen) atoms. The van der Waals surface area contributed by atoms with E-state index in [1.54, 1.807) is 0 Å². The summed E-state index contributed by atoms with van der Waals surface area (Å²) in [6.45, 7) is 4.16.